The van der Waals surface area contributed by atoms with Crippen molar-refractivity contribution in [2.45, 2.75) is 12.3 Å². The lowest BCUT2D eigenvalue weighted by molar-refractivity contribution is -0.141. The lowest BCUT2D eigenvalue weighted by atomic mass is 10.1. The summed E-state index contributed by atoms with van der Waals surface area (Å²) in [5.74, 6) is -7.59. The van der Waals surface area contributed by atoms with Gasteiger partial charge in [-0.2, -0.15) is 8.78 Å². The van der Waals surface area contributed by atoms with Crippen molar-refractivity contribution in [2.24, 2.45) is 0 Å². The van der Waals surface area contributed by atoms with E-state index in [0.717, 1.165) is 18.2 Å². The Balaban J connectivity index is 1.76. The number of anilines is 2. The Hall–Kier alpha value is -4.15. The van der Waals surface area contributed by atoms with Gasteiger partial charge in [0.05, 0.1) is 12.1 Å². The van der Waals surface area contributed by atoms with E-state index < -0.39 is 40.4 Å². The van der Waals surface area contributed by atoms with Crippen LogP contribution in [0, 0.1) is 5.82 Å². The molecule has 0 atom stereocenters. The fourth-order valence-electron chi connectivity index (χ4n) is 2.65. The second kappa shape index (κ2) is 8.69. The molecule has 0 radical (unpaired) electrons. The molecule has 0 saturated carbocycles. The molecule has 3 rings (SSSR count). The number of H-pyrrole nitrogens is 2. The molecule has 0 unspecified atom stereocenters. The molecule has 1 aromatic heterocycles. The molecule has 2 aromatic carbocycles. The molecule has 160 valence electrons. The molecule has 1 heterocycles. The van der Waals surface area contributed by atoms with Gasteiger partial charge in [0.1, 0.15) is 11.4 Å². The molecule has 4 N–H and O–H groups in total. The summed E-state index contributed by atoms with van der Waals surface area (Å²) in [5, 5.41) is 4.17. The first-order chi connectivity index (χ1) is 14.7. The van der Waals surface area contributed by atoms with Gasteiger partial charge in [0.2, 0.25) is 5.91 Å². The van der Waals surface area contributed by atoms with Gasteiger partial charge in [-0.1, -0.05) is 30.3 Å². The van der Waals surface area contributed by atoms with E-state index in [-0.39, 0.29) is 17.8 Å². The maximum atomic E-state index is 14.4. The van der Waals surface area contributed by atoms with Gasteiger partial charge in [-0.3, -0.25) is 19.4 Å². The van der Waals surface area contributed by atoms with Crippen LogP contribution in [-0.2, 0) is 21.9 Å². The summed E-state index contributed by atoms with van der Waals surface area (Å²) in [6, 6.07) is 11.5. The van der Waals surface area contributed by atoms with Gasteiger partial charge < -0.3 is 15.6 Å². The van der Waals surface area contributed by atoms with Gasteiger partial charge >= 0.3 is 11.6 Å². The monoisotopic (exact) mass is 432 g/mol. The maximum absolute atomic E-state index is 14.4. The van der Waals surface area contributed by atoms with Crippen molar-refractivity contribution in [3.8, 4) is 0 Å². The smallest absolute Gasteiger partial charge is 0.323 e. The Morgan fingerprint density at radius 2 is 1.71 bits per heavy atom. The van der Waals surface area contributed by atoms with Gasteiger partial charge in [0.25, 0.3) is 11.5 Å². The first-order valence-corrected chi connectivity index (χ1v) is 8.82. The fourth-order valence-corrected chi connectivity index (χ4v) is 2.65. The molecule has 0 aliphatic heterocycles. The second-order valence-electron chi connectivity index (χ2n) is 6.42. The number of carbonyl (C=O) groups is 2. The number of rotatable bonds is 6. The van der Waals surface area contributed by atoms with Crippen LogP contribution < -0.4 is 21.9 Å². The highest BCUT2D eigenvalue weighted by Gasteiger charge is 2.43. The number of aromatic nitrogens is 2. The summed E-state index contributed by atoms with van der Waals surface area (Å²) in [6.07, 6.45) is 0.380. The molecule has 0 aliphatic carbocycles. The zero-order valence-electron chi connectivity index (χ0n) is 15.7. The summed E-state index contributed by atoms with van der Waals surface area (Å²) >= 11 is 0. The first kappa shape index (κ1) is 21.6. The van der Waals surface area contributed by atoms with Crippen LogP contribution in [0.5, 0.6) is 0 Å². The highest BCUT2D eigenvalue weighted by Crippen LogP contribution is 2.27. The SMILES string of the molecule is O=C(Cc1ccccc1)Nc1cc(NC(=O)C(F)(F)c2c[nH]c(=O)[nH]c2=O)ccc1F. The number of hydrogen-bond donors (Lipinski definition) is 4. The predicted octanol–water partition coefficient (Wildman–Crippen LogP) is 2.11. The lowest BCUT2D eigenvalue weighted by Gasteiger charge is -2.16. The van der Waals surface area contributed by atoms with Crippen LogP contribution in [-0.4, -0.2) is 21.8 Å². The molecule has 3 aromatic rings. The van der Waals surface area contributed by atoms with Crippen molar-refractivity contribution in [3.63, 3.8) is 0 Å². The molecular formula is C20H15F3N4O4. The summed E-state index contributed by atoms with van der Waals surface area (Å²) < 4.78 is 42.8. The molecule has 0 spiro atoms. The van der Waals surface area contributed by atoms with Crippen LogP contribution in [0.15, 0.2) is 64.3 Å². The molecule has 31 heavy (non-hydrogen) atoms. The van der Waals surface area contributed by atoms with E-state index in [4.69, 9.17) is 0 Å². The minimum atomic E-state index is -4.30. The van der Waals surface area contributed by atoms with Gasteiger partial charge in [-0.05, 0) is 23.8 Å². The third-order valence-corrected chi connectivity index (χ3v) is 4.15. The minimum Gasteiger partial charge on any atom is -0.323 e. The Morgan fingerprint density at radius 1 is 1.00 bits per heavy atom. The Kier molecular flexibility index (Phi) is 6.05. The third kappa shape index (κ3) is 5.07. The van der Waals surface area contributed by atoms with Crippen molar-refractivity contribution in [2.75, 3.05) is 10.6 Å². The first-order valence-electron chi connectivity index (χ1n) is 8.82. The zero-order valence-corrected chi connectivity index (χ0v) is 15.7. The maximum Gasteiger partial charge on any atom is 0.356 e. The summed E-state index contributed by atoms with van der Waals surface area (Å²) in [6.45, 7) is 0. The number of halogens is 3. The zero-order chi connectivity index (χ0) is 22.6. The number of nitrogens with one attached hydrogen (secondary N) is 4. The summed E-state index contributed by atoms with van der Waals surface area (Å²) in [7, 11) is 0. The number of benzene rings is 2. The fraction of sp³-hybridized carbons (Fsp3) is 0.100. The lowest BCUT2D eigenvalue weighted by Crippen LogP contribution is -2.39. The van der Waals surface area contributed by atoms with Crippen molar-refractivity contribution < 1.29 is 22.8 Å². The molecule has 0 fully saturated rings. The Bertz CT molecular complexity index is 1240. The number of aromatic amines is 2. The summed E-state index contributed by atoms with van der Waals surface area (Å²) in [5.41, 5.74) is -3.62. The average Bonchev–Trinajstić information content (AvgIpc) is 2.71. The van der Waals surface area contributed by atoms with Crippen LogP contribution in [0.4, 0.5) is 24.5 Å². The van der Waals surface area contributed by atoms with Gasteiger partial charge in [-0.25, -0.2) is 9.18 Å². The molecule has 2 amide bonds. The van der Waals surface area contributed by atoms with E-state index in [1.54, 1.807) is 35.3 Å². The van der Waals surface area contributed by atoms with Crippen LogP contribution in [0.3, 0.4) is 0 Å². The van der Waals surface area contributed by atoms with Crippen LogP contribution in [0.25, 0.3) is 0 Å². The Labute approximate surface area is 172 Å². The van der Waals surface area contributed by atoms with E-state index in [9.17, 15) is 32.3 Å². The van der Waals surface area contributed by atoms with Crippen molar-refractivity contribution in [1.82, 2.24) is 9.97 Å². The second-order valence-corrected chi connectivity index (χ2v) is 6.42. The largest absolute Gasteiger partial charge is 0.356 e. The number of amides is 2. The highest BCUT2D eigenvalue weighted by molar-refractivity contribution is 5.98. The van der Waals surface area contributed by atoms with E-state index in [0.29, 0.717) is 11.8 Å². The standard InChI is InChI=1S/C20H15F3N4O4/c21-14-7-6-12(9-15(14)26-16(28)8-11-4-2-1-3-5-11)25-18(30)20(22,23)13-10-24-19(31)27-17(13)29/h1-7,9-10H,8H2,(H,25,30)(H,26,28)(H2,24,27,29,31). The number of hydrogen-bond acceptors (Lipinski definition) is 4. The van der Waals surface area contributed by atoms with Crippen LogP contribution in [0.2, 0.25) is 0 Å². The number of carbonyl (C=O) groups excluding carboxylic acids is 2. The minimum absolute atomic E-state index is 0.0517. The van der Waals surface area contributed by atoms with E-state index in [1.807, 2.05) is 10.3 Å². The van der Waals surface area contributed by atoms with E-state index >= 15 is 0 Å². The van der Waals surface area contributed by atoms with Gasteiger partial charge in [0, 0.05) is 11.9 Å². The van der Waals surface area contributed by atoms with Gasteiger partial charge in [0.15, 0.2) is 0 Å². The molecule has 0 bridgehead atoms. The molecule has 11 heteroatoms. The molecule has 0 aliphatic rings. The quantitative estimate of drug-likeness (QED) is 0.476. The number of alkyl halides is 2. The molecule has 8 nitrogen and oxygen atoms in total. The molecular weight excluding hydrogens is 417 g/mol. The van der Waals surface area contributed by atoms with Crippen molar-refractivity contribution >= 4 is 23.2 Å². The average molecular weight is 432 g/mol. The van der Waals surface area contributed by atoms with Crippen molar-refractivity contribution in [1.29, 1.82) is 0 Å². The van der Waals surface area contributed by atoms with Crippen LogP contribution in [0.1, 0.15) is 11.1 Å². The predicted molar refractivity (Wildman–Crippen MR) is 105 cm³/mol. The third-order valence-electron chi connectivity index (χ3n) is 4.15. The normalized spacial score (nSPS) is 11.1. The highest BCUT2D eigenvalue weighted by atomic mass is 19.3. The van der Waals surface area contributed by atoms with Crippen LogP contribution >= 0.6 is 0 Å². The topological polar surface area (TPSA) is 124 Å². The molecule has 0 saturated heterocycles. The van der Waals surface area contributed by atoms with E-state index in [2.05, 4.69) is 5.32 Å². The Morgan fingerprint density at radius 3 is 2.39 bits per heavy atom. The summed E-state index contributed by atoms with van der Waals surface area (Å²) in [4.78, 5) is 50.2. The van der Waals surface area contributed by atoms with Gasteiger partial charge in [-0.15, -0.1) is 0 Å². The van der Waals surface area contributed by atoms with Crippen molar-refractivity contribution in [3.05, 3.63) is 92.5 Å². The van der Waals surface area contributed by atoms with E-state index in [1.165, 1.54) is 0 Å².